The Balaban J connectivity index is 3.20. The van der Waals surface area contributed by atoms with Crippen molar-refractivity contribution in [1.82, 2.24) is 10.2 Å². The first-order valence-corrected chi connectivity index (χ1v) is 6.12. The van der Waals surface area contributed by atoms with Crippen molar-refractivity contribution in [2.24, 2.45) is 0 Å². The molecular formula is C14H21F3N2. The van der Waals surface area contributed by atoms with Crippen LogP contribution in [0.25, 0.3) is 0 Å². The topological polar surface area (TPSA) is 15.3 Å². The lowest BCUT2D eigenvalue weighted by Crippen LogP contribution is -2.48. The molecule has 0 radical (unpaired) electrons. The maximum Gasteiger partial charge on any atom is 0.416 e. The minimum Gasteiger partial charge on any atom is -0.311 e. The molecule has 1 aromatic carbocycles. The highest BCUT2D eigenvalue weighted by Crippen LogP contribution is 2.34. The summed E-state index contributed by atoms with van der Waals surface area (Å²) in [7, 11) is 5.59. The molecule has 0 aliphatic rings. The molecule has 1 atom stereocenters. The van der Waals surface area contributed by atoms with Crippen molar-refractivity contribution >= 4 is 0 Å². The van der Waals surface area contributed by atoms with E-state index < -0.39 is 11.7 Å². The molecule has 2 nitrogen and oxygen atoms in total. The largest absolute Gasteiger partial charge is 0.416 e. The van der Waals surface area contributed by atoms with Gasteiger partial charge in [0.05, 0.1) is 5.56 Å². The van der Waals surface area contributed by atoms with Crippen molar-refractivity contribution in [2.45, 2.75) is 31.6 Å². The van der Waals surface area contributed by atoms with Gasteiger partial charge in [-0.05, 0) is 52.7 Å². The molecule has 1 aromatic rings. The number of likely N-dealkylation sites (N-methyl/N-ethyl adjacent to an activating group) is 2. The fourth-order valence-electron chi connectivity index (χ4n) is 2.08. The molecule has 0 bridgehead atoms. The molecule has 0 amide bonds. The summed E-state index contributed by atoms with van der Waals surface area (Å²) in [6.45, 7) is 3.99. The second-order valence-corrected chi connectivity index (χ2v) is 5.39. The molecule has 0 spiro atoms. The maximum atomic E-state index is 12.8. The van der Waals surface area contributed by atoms with Gasteiger partial charge in [0.15, 0.2) is 0 Å². The number of nitrogens with zero attached hydrogens (tertiary/aromatic N) is 1. The van der Waals surface area contributed by atoms with Crippen LogP contribution in [0.2, 0.25) is 0 Å². The summed E-state index contributed by atoms with van der Waals surface area (Å²) in [5, 5.41) is 3.11. The number of nitrogens with one attached hydrogen (secondary N) is 1. The number of hydrogen-bond acceptors (Lipinski definition) is 2. The number of benzene rings is 1. The number of alkyl halides is 3. The highest BCUT2D eigenvalue weighted by molar-refractivity contribution is 5.30. The Morgan fingerprint density at radius 1 is 1.16 bits per heavy atom. The molecule has 0 fully saturated rings. The van der Waals surface area contributed by atoms with Gasteiger partial charge >= 0.3 is 6.18 Å². The lowest BCUT2D eigenvalue weighted by atomic mass is 9.87. The van der Waals surface area contributed by atoms with Crippen LogP contribution in [0.15, 0.2) is 24.3 Å². The van der Waals surface area contributed by atoms with Gasteiger partial charge in [-0.1, -0.05) is 12.1 Å². The van der Waals surface area contributed by atoms with Crippen LogP contribution in [0.1, 0.15) is 31.0 Å². The van der Waals surface area contributed by atoms with E-state index in [4.69, 9.17) is 0 Å². The van der Waals surface area contributed by atoms with E-state index in [0.29, 0.717) is 5.56 Å². The lowest BCUT2D eigenvalue weighted by molar-refractivity contribution is -0.137. The Kier molecular flexibility index (Phi) is 4.63. The molecule has 1 unspecified atom stereocenters. The molecule has 0 aliphatic heterocycles. The smallest absolute Gasteiger partial charge is 0.311 e. The summed E-state index contributed by atoms with van der Waals surface area (Å²) >= 11 is 0. The minimum absolute atomic E-state index is 0.190. The third-order valence-corrected chi connectivity index (χ3v) is 3.70. The normalized spacial score (nSPS) is 14.8. The van der Waals surface area contributed by atoms with Crippen molar-refractivity contribution in [1.29, 1.82) is 0 Å². The van der Waals surface area contributed by atoms with Gasteiger partial charge in [0, 0.05) is 11.6 Å². The van der Waals surface area contributed by atoms with Crippen molar-refractivity contribution < 1.29 is 13.2 Å². The monoisotopic (exact) mass is 274 g/mol. The van der Waals surface area contributed by atoms with Gasteiger partial charge in [-0.15, -0.1) is 0 Å². The number of halogens is 3. The van der Waals surface area contributed by atoms with Crippen LogP contribution in [-0.4, -0.2) is 31.6 Å². The molecule has 108 valence electrons. The lowest BCUT2D eigenvalue weighted by Gasteiger charge is -2.40. The predicted octanol–water partition coefficient (Wildman–Crippen LogP) is 3.31. The van der Waals surface area contributed by atoms with Gasteiger partial charge in [0.2, 0.25) is 0 Å². The second kappa shape index (κ2) is 5.51. The van der Waals surface area contributed by atoms with Crippen molar-refractivity contribution in [3.8, 4) is 0 Å². The average Bonchev–Trinajstić information content (AvgIpc) is 2.28. The molecule has 1 N–H and O–H groups in total. The first kappa shape index (κ1) is 16.0. The van der Waals surface area contributed by atoms with Crippen LogP contribution in [-0.2, 0) is 6.18 Å². The van der Waals surface area contributed by atoms with Crippen LogP contribution >= 0.6 is 0 Å². The molecule has 0 saturated heterocycles. The van der Waals surface area contributed by atoms with Crippen LogP contribution in [0.4, 0.5) is 13.2 Å². The summed E-state index contributed by atoms with van der Waals surface area (Å²) in [4.78, 5) is 1.99. The fraction of sp³-hybridized carbons (Fsp3) is 0.571. The molecular weight excluding hydrogens is 253 g/mol. The molecule has 0 saturated carbocycles. The summed E-state index contributed by atoms with van der Waals surface area (Å²) in [6.07, 6.45) is -4.31. The Morgan fingerprint density at radius 3 is 2.16 bits per heavy atom. The highest BCUT2D eigenvalue weighted by atomic mass is 19.4. The second-order valence-electron chi connectivity index (χ2n) is 5.39. The van der Waals surface area contributed by atoms with Crippen LogP contribution < -0.4 is 5.32 Å². The van der Waals surface area contributed by atoms with Gasteiger partial charge < -0.3 is 10.2 Å². The van der Waals surface area contributed by atoms with E-state index in [-0.39, 0.29) is 11.6 Å². The van der Waals surface area contributed by atoms with Gasteiger partial charge in [-0.3, -0.25) is 0 Å². The third-order valence-electron chi connectivity index (χ3n) is 3.70. The molecule has 0 heterocycles. The number of rotatable bonds is 4. The standard InChI is InChI=1S/C14H21F3N2/c1-13(2,19(4)5)12(18-3)10-7-6-8-11(9-10)14(15,16)17/h6-9,12,18H,1-5H3. The zero-order valence-corrected chi connectivity index (χ0v) is 12.0. The van der Waals surface area contributed by atoms with E-state index in [1.54, 1.807) is 13.1 Å². The average molecular weight is 274 g/mol. The van der Waals surface area contributed by atoms with Crippen LogP contribution in [0.3, 0.4) is 0 Å². The van der Waals surface area contributed by atoms with E-state index in [0.717, 1.165) is 6.07 Å². The van der Waals surface area contributed by atoms with E-state index in [1.807, 2.05) is 32.8 Å². The van der Waals surface area contributed by atoms with Gasteiger partial charge in [0.25, 0.3) is 0 Å². The van der Waals surface area contributed by atoms with E-state index >= 15 is 0 Å². The summed E-state index contributed by atoms with van der Waals surface area (Å²) in [5.41, 5.74) is -0.283. The summed E-state index contributed by atoms with van der Waals surface area (Å²) < 4.78 is 38.3. The highest BCUT2D eigenvalue weighted by Gasteiger charge is 2.35. The van der Waals surface area contributed by atoms with Gasteiger partial charge in [-0.25, -0.2) is 0 Å². The molecule has 0 aromatic heterocycles. The van der Waals surface area contributed by atoms with Gasteiger partial charge in [0.1, 0.15) is 0 Å². The zero-order chi connectivity index (χ0) is 14.8. The van der Waals surface area contributed by atoms with Gasteiger partial charge in [-0.2, -0.15) is 13.2 Å². The van der Waals surface area contributed by atoms with Crippen LogP contribution in [0.5, 0.6) is 0 Å². The Bertz CT molecular complexity index is 425. The Labute approximate surface area is 112 Å². The molecule has 5 heteroatoms. The summed E-state index contributed by atoms with van der Waals surface area (Å²) in [6, 6.07) is 5.30. The third kappa shape index (κ3) is 3.48. The first-order chi connectivity index (χ1) is 8.60. The van der Waals surface area contributed by atoms with Crippen molar-refractivity contribution in [2.75, 3.05) is 21.1 Å². The van der Waals surface area contributed by atoms with E-state index in [9.17, 15) is 13.2 Å². The maximum absolute atomic E-state index is 12.8. The molecule has 19 heavy (non-hydrogen) atoms. The SMILES string of the molecule is CNC(c1cccc(C(F)(F)F)c1)C(C)(C)N(C)C. The summed E-state index contributed by atoms with van der Waals surface area (Å²) in [5.74, 6) is 0. The van der Waals surface area contributed by atoms with E-state index in [2.05, 4.69) is 5.32 Å². The predicted molar refractivity (Wildman–Crippen MR) is 71.0 cm³/mol. The van der Waals surface area contributed by atoms with E-state index in [1.165, 1.54) is 12.1 Å². The molecule has 0 aliphatic carbocycles. The van der Waals surface area contributed by atoms with Crippen molar-refractivity contribution in [3.05, 3.63) is 35.4 Å². The van der Waals surface area contributed by atoms with Crippen molar-refractivity contribution in [3.63, 3.8) is 0 Å². The molecule has 1 rings (SSSR count). The Morgan fingerprint density at radius 2 is 1.74 bits per heavy atom. The quantitative estimate of drug-likeness (QED) is 0.906. The fourth-order valence-corrected chi connectivity index (χ4v) is 2.08. The van der Waals surface area contributed by atoms with Crippen LogP contribution in [0, 0.1) is 0 Å². The Hall–Kier alpha value is -1.07. The zero-order valence-electron chi connectivity index (χ0n) is 12.0. The minimum atomic E-state index is -4.31. The first-order valence-electron chi connectivity index (χ1n) is 6.12. The number of hydrogen-bond donors (Lipinski definition) is 1.